The second-order valence-corrected chi connectivity index (χ2v) is 12.4. The maximum Gasteiger partial charge on any atom is 0.243 e. The zero-order valence-corrected chi connectivity index (χ0v) is 23.6. The summed E-state index contributed by atoms with van der Waals surface area (Å²) in [5.41, 5.74) is 1.71. The zero-order chi connectivity index (χ0) is 28.8. The summed E-state index contributed by atoms with van der Waals surface area (Å²) in [5, 5.41) is 2.39. The minimum Gasteiger partial charge on any atom is -0.379 e. The van der Waals surface area contributed by atoms with Crippen LogP contribution in [-0.4, -0.2) is 77.7 Å². The van der Waals surface area contributed by atoms with E-state index < -0.39 is 21.1 Å². The van der Waals surface area contributed by atoms with Crippen molar-refractivity contribution >= 4 is 50.1 Å². The molecule has 2 amide bonds. The van der Waals surface area contributed by atoms with E-state index in [2.05, 4.69) is 15.3 Å². The van der Waals surface area contributed by atoms with Crippen LogP contribution in [0.3, 0.4) is 0 Å². The number of nitrogens with one attached hydrogen (secondary N) is 1. The Labute approximate surface area is 241 Å². The first-order valence-corrected chi connectivity index (χ1v) is 15.3. The number of halogens is 1. The molecular formula is C28H28FN5O5S2. The number of carbonyl (C=O) groups excluding carboxylic acids is 2. The Kier molecular flexibility index (Phi) is 9.08. The molecule has 0 radical (unpaired) electrons. The van der Waals surface area contributed by atoms with E-state index in [1.807, 2.05) is 18.2 Å². The van der Waals surface area contributed by atoms with Crippen LogP contribution in [0.1, 0.15) is 12.1 Å². The largest absolute Gasteiger partial charge is 0.379 e. The van der Waals surface area contributed by atoms with Gasteiger partial charge in [-0.15, -0.1) is 0 Å². The number of sulfonamides is 1. The number of anilines is 1. The lowest BCUT2D eigenvalue weighted by atomic mass is 10.2. The summed E-state index contributed by atoms with van der Waals surface area (Å²) in [6.45, 7) is 1.61. The van der Waals surface area contributed by atoms with Crippen molar-refractivity contribution in [2.24, 2.45) is 4.99 Å². The first kappa shape index (κ1) is 28.9. The Morgan fingerprint density at radius 1 is 1.07 bits per heavy atom. The lowest BCUT2D eigenvalue weighted by Crippen LogP contribution is -2.40. The maximum atomic E-state index is 13.4. The fourth-order valence-electron chi connectivity index (χ4n) is 4.36. The quantitative estimate of drug-likeness (QED) is 0.401. The summed E-state index contributed by atoms with van der Waals surface area (Å²) in [6, 6.07) is 17.1. The molecule has 13 heteroatoms. The van der Waals surface area contributed by atoms with Crippen molar-refractivity contribution in [3.05, 3.63) is 84.4 Å². The molecule has 1 N–H and O–H groups in total. The van der Waals surface area contributed by atoms with Crippen LogP contribution in [0.4, 0.5) is 15.8 Å². The molecule has 2 aromatic carbocycles. The molecule has 0 spiro atoms. The smallest absolute Gasteiger partial charge is 0.243 e. The summed E-state index contributed by atoms with van der Waals surface area (Å²) < 4.78 is 45.8. The molecule has 0 aliphatic carbocycles. The topological polar surface area (TPSA) is 121 Å². The Balaban J connectivity index is 1.33. The molecule has 2 aliphatic rings. The molecule has 2 saturated heterocycles. The standard InChI is InChI=1S/C28H28FN5O5S2/c29-20-4-6-22(7-5-20)31-26(35)19-25-27(36)34(14-12-21-3-1-2-13-30-21)28(40-25)32-23-8-10-24(11-9-23)41(37,38)33-15-17-39-18-16-33/h1-11,13,25H,12,14-19H2,(H,31,35). The highest BCUT2D eigenvalue weighted by molar-refractivity contribution is 8.15. The Bertz CT molecular complexity index is 1510. The molecule has 10 nitrogen and oxygen atoms in total. The molecule has 0 saturated carbocycles. The first-order valence-electron chi connectivity index (χ1n) is 13.0. The molecule has 214 valence electrons. The summed E-state index contributed by atoms with van der Waals surface area (Å²) in [4.78, 5) is 36.8. The van der Waals surface area contributed by atoms with Crippen molar-refractivity contribution in [2.75, 3.05) is 38.2 Å². The summed E-state index contributed by atoms with van der Waals surface area (Å²) in [7, 11) is -3.65. The van der Waals surface area contributed by atoms with Crippen LogP contribution in [0.25, 0.3) is 0 Å². The number of ether oxygens (including phenoxy) is 1. The van der Waals surface area contributed by atoms with Gasteiger partial charge in [0.25, 0.3) is 0 Å². The lowest BCUT2D eigenvalue weighted by molar-refractivity contribution is -0.128. The minimum absolute atomic E-state index is 0.100. The predicted molar refractivity (Wildman–Crippen MR) is 154 cm³/mol. The Morgan fingerprint density at radius 3 is 2.49 bits per heavy atom. The Morgan fingerprint density at radius 2 is 1.80 bits per heavy atom. The van der Waals surface area contributed by atoms with Crippen molar-refractivity contribution in [3.8, 4) is 0 Å². The van der Waals surface area contributed by atoms with E-state index in [9.17, 15) is 22.4 Å². The number of benzene rings is 2. The van der Waals surface area contributed by atoms with Gasteiger partial charge in [0, 0.05) is 50.1 Å². The number of rotatable bonds is 9. The molecule has 5 rings (SSSR count). The van der Waals surface area contributed by atoms with Gasteiger partial charge >= 0.3 is 0 Å². The fraction of sp³-hybridized carbons (Fsp3) is 0.286. The van der Waals surface area contributed by atoms with E-state index in [1.54, 1.807) is 18.3 Å². The van der Waals surface area contributed by atoms with Gasteiger partial charge in [0.15, 0.2) is 5.17 Å². The van der Waals surface area contributed by atoms with Crippen LogP contribution in [-0.2, 0) is 30.8 Å². The number of nitrogens with zero attached hydrogens (tertiary/aromatic N) is 4. The van der Waals surface area contributed by atoms with Gasteiger partial charge in [-0.1, -0.05) is 17.8 Å². The Hall–Kier alpha value is -3.65. The van der Waals surface area contributed by atoms with Gasteiger partial charge in [-0.3, -0.25) is 19.5 Å². The van der Waals surface area contributed by atoms with Crippen molar-refractivity contribution in [2.45, 2.75) is 23.0 Å². The average molecular weight is 598 g/mol. The van der Waals surface area contributed by atoms with E-state index >= 15 is 0 Å². The molecule has 2 fully saturated rings. The van der Waals surface area contributed by atoms with E-state index in [-0.39, 0.29) is 23.1 Å². The van der Waals surface area contributed by atoms with Crippen molar-refractivity contribution in [3.63, 3.8) is 0 Å². The highest BCUT2D eigenvalue weighted by Crippen LogP contribution is 2.32. The number of thioether (sulfide) groups is 1. The molecule has 1 unspecified atom stereocenters. The molecule has 41 heavy (non-hydrogen) atoms. The zero-order valence-electron chi connectivity index (χ0n) is 22.0. The monoisotopic (exact) mass is 597 g/mol. The minimum atomic E-state index is -3.65. The maximum absolute atomic E-state index is 13.4. The second-order valence-electron chi connectivity index (χ2n) is 9.33. The molecule has 2 aliphatic heterocycles. The van der Waals surface area contributed by atoms with Gasteiger partial charge in [-0.2, -0.15) is 4.31 Å². The third-order valence-electron chi connectivity index (χ3n) is 6.51. The number of pyridine rings is 1. The highest BCUT2D eigenvalue weighted by atomic mass is 32.2. The van der Waals surface area contributed by atoms with E-state index in [1.165, 1.54) is 57.4 Å². The first-order chi connectivity index (χ1) is 19.8. The average Bonchev–Trinajstić information content (AvgIpc) is 3.27. The predicted octanol–water partition coefficient (Wildman–Crippen LogP) is 3.44. The van der Waals surface area contributed by atoms with Gasteiger partial charge in [-0.25, -0.2) is 17.8 Å². The highest BCUT2D eigenvalue weighted by Gasteiger charge is 2.39. The SMILES string of the molecule is O=C(CC1SC(=Nc2ccc(S(=O)(=O)N3CCOCC3)cc2)N(CCc2ccccn2)C1=O)Nc1ccc(F)cc1. The van der Waals surface area contributed by atoms with Crippen molar-refractivity contribution < 1.29 is 27.1 Å². The number of hydrogen-bond donors (Lipinski definition) is 1. The van der Waals surface area contributed by atoms with Crippen LogP contribution in [0, 0.1) is 5.82 Å². The summed E-state index contributed by atoms with van der Waals surface area (Å²) in [5.74, 6) is -1.06. The summed E-state index contributed by atoms with van der Waals surface area (Å²) >= 11 is 1.18. The van der Waals surface area contributed by atoms with Crippen LogP contribution in [0.15, 0.2) is 82.8 Å². The molecule has 1 aromatic heterocycles. The van der Waals surface area contributed by atoms with E-state index in [4.69, 9.17) is 4.74 Å². The molecule has 0 bridgehead atoms. The molecule has 3 aromatic rings. The van der Waals surface area contributed by atoms with Crippen molar-refractivity contribution in [1.82, 2.24) is 14.2 Å². The molecule has 1 atom stereocenters. The van der Waals surface area contributed by atoms with Crippen LogP contribution >= 0.6 is 11.8 Å². The number of amidine groups is 1. The number of carbonyl (C=O) groups is 2. The number of aliphatic imine (C=N–C) groups is 1. The van der Waals surface area contributed by atoms with E-state index in [0.29, 0.717) is 55.8 Å². The number of aromatic nitrogens is 1. The van der Waals surface area contributed by atoms with Gasteiger partial charge in [0.2, 0.25) is 21.8 Å². The van der Waals surface area contributed by atoms with Gasteiger partial charge in [0.1, 0.15) is 11.1 Å². The van der Waals surface area contributed by atoms with Crippen LogP contribution in [0.5, 0.6) is 0 Å². The normalized spacial score (nSPS) is 19.0. The third-order valence-corrected chi connectivity index (χ3v) is 9.59. The van der Waals surface area contributed by atoms with Crippen LogP contribution in [0.2, 0.25) is 0 Å². The van der Waals surface area contributed by atoms with Crippen LogP contribution < -0.4 is 5.32 Å². The molecule has 3 heterocycles. The van der Waals surface area contributed by atoms with E-state index in [0.717, 1.165) is 5.69 Å². The van der Waals surface area contributed by atoms with Gasteiger partial charge in [-0.05, 0) is 60.7 Å². The number of morpholine rings is 1. The summed E-state index contributed by atoms with van der Waals surface area (Å²) in [6.07, 6.45) is 2.06. The second kappa shape index (κ2) is 12.9. The number of amides is 2. The lowest BCUT2D eigenvalue weighted by Gasteiger charge is -2.26. The fourth-order valence-corrected chi connectivity index (χ4v) is 6.95. The van der Waals surface area contributed by atoms with Gasteiger partial charge in [0.05, 0.1) is 23.8 Å². The molecular weight excluding hydrogens is 569 g/mol. The number of hydrogen-bond acceptors (Lipinski definition) is 8. The van der Waals surface area contributed by atoms with Crippen molar-refractivity contribution in [1.29, 1.82) is 0 Å². The third kappa shape index (κ3) is 7.17. The van der Waals surface area contributed by atoms with Gasteiger partial charge < -0.3 is 10.1 Å².